The van der Waals surface area contributed by atoms with E-state index in [4.69, 9.17) is 0 Å². The van der Waals surface area contributed by atoms with Gasteiger partial charge >= 0.3 is 0 Å². The number of likely N-dealkylation sites (N-methyl/N-ethyl adjacent to an activating group) is 1. The van der Waals surface area contributed by atoms with Gasteiger partial charge in [-0.2, -0.15) is 0 Å². The van der Waals surface area contributed by atoms with E-state index < -0.39 is 0 Å². The zero-order valence-corrected chi connectivity index (χ0v) is 11.1. The van der Waals surface area contributed by atoms with Gasteiger partial charge in [-0.15, -0.1) is 11.3 Å². The van der Waals surface area contributed by atoms with Gasteiger partial charge in [0.15, 0.2) is 0 Å². The molecule has 0 unspecified atom stereocenters. The predicted octanol–water partition coefficient (Wildman–Crippen LogP) is 3.57. The van der Waals surface area contributed by atoms with E-state index in [2.05, 4.69) is 18.4 Å². The molecule has 90 valence electrons. The van der Waals surface area contributed by atoms with Gasteiger partial charge in [-0.1, -0.05) is 18.2 Å². The maximum atomic E-state index is 12.3. The molecular weight excluding hydrogens is 242 g/mol. The smallest absolute Gasteiger partial charge is 0.258 e. The van der Waals surface area contributed by atoms with Crippen molar-refractivity contribution in [3.63, 3.8) is 0 Å². The number of aryl methyl sites for hydroxylation is 1. The molecule has 0 radical (unpaired) electrons. The molecule has 2 nitrogen and oxygen atoms in total. The van der Waals surface area contributed by atoms with Crippen molar-refractivity contribution in [3.05, 3.63) is 51.7 Å². The summed E-state index contributed by atoms with van der Waals surface area (Å²) in [6.07, 6.45) is 2.00. The van der Waals surface area contributed by atoms with Gasteiger partial charge in [0.05, 0.1) is 11.3 Å². The molecule has 1 aromatic heterocycles. The fraction of sp³-hybridized carbons (Fsp3) is 0.133. The molecule has 2 aromatic rings. The Morgan fingerprint density at radius 1 is 1.22 bits per heavy atom. The monoisotopic (exact) mass is 255 g/mol. The maximum absolute atomic E-state index is 12.3. The summed E-state index contributed by atoms with van der Waals surface area (Å²) >= 11 is 1.67. The molecule has 0 spiro atoms. The Kier molecular flexibility index (Phi) is 2.56. The summed E-state index contributed by atoms with van der Waals surface area (Å²) in [4.78, 5) is 15.1. The van der Waals surface area contributed by atoms with Crippen molar-refractivity contribution in [2.75, 3.05) is 11.9 Å². The highest BCUT2D eigenvalue weighted by atomic mass is 32.1. The van der Waals surface area contributed by atoms with Gasteiger partial charge in [-0.05, 0) is 36.1 Å². The van der Waals surface area contributed by atoms with Crippen LogP contribution >= 0.6 is 11.3 Å². The van der Waals surface area contributed by atoms with Crippen molar-refractivity contribution < 1.29 is 4.79 Å². The zero-order valence-electron chi connectivity index (χ0n) is 10.3. The van der Waals surface area contributed by atoms with Crippen molar-refractivity contribution in [2.45, 2.75) is 6.92 Å². The fourth-order valence-corrected chi connectivity index (χ4v) is 3.06. The SMILES string of the molecule is Cc1ccsc1C=C1C(=O)N(C)c2ccccc21. The second-order valence-corrected chi connectivity index (χ2v) is 5.35. The second kappa shape index (κ2) is 4.10. The molecule has 18 heavy (non-hydrogen) atoms. The molecule has 0 fully saturated rings. The molecule has 3 heteroatoms. The number of hydrogen-bond donors (Lipinski definition) is 0. The molecular formula is C15H13NOS. The van der Waals surface area contributed by atoms with E-state index in [1.165, 1.54) is 5.56 Å². The minimum atomic E-state index is 0.0731. The van der Waals surface area contributed by atoms with Gasteiger partial charge in [0.2, 0.25) is 0 Å². The number of rotatable bonds is 1. The first-order valence-corrected chi connectivity index (χ1v) is 6.69. The quantitative estimate of drug-likeness (QED) is 0.713. The van der Waals surface area contributed by atoms with E-state index in [9.17, 15) is 4.79 Å². The Morgan fingerprint density at radius 3 is 2.72 bits per heavy atom. The number of fused-ring (bicyclic) bond motifs is 1. The van der Waals surface area contributed by atoms with E-state index >= 15 is 0 Å². The molecule has 1 aromatic carbocycles. The van der Waals surface area contributed by atoms with Gasteiger partial charge in [0.25, 0.3) is 5.91 Å². The van der Waals surface area contributed by atoms with Crippen LogP contribution in [0.3, 0.4) is 0 Å². The molecule has 1 aliphatic heterocycles. The molecule has 3 rings (SSSR count). The molecule has 0 saturated heterocycles. The molecule has 1 aliphatic rings. The Morgan fingerprint density at radius 2 is 2.00 bits per heavy atom. The van der Waals surface area contributed by atoms with Gasteiger partial charge in [0, 0.05) is 17.5 Å². The van der Waals surface area contributed by atoms with Gasteiger partial charge in [-0.3, -0.25) is 4.79 Å². The number of benzene rings is 1. The lowest BCUT2D eigenvalue weighted by molar-refractivity contribution is -0.112. The Balaban J connectivity index is 2.17. The van der Waals surface area contributed by atoms with E-state index in [0.29, 0.717) is 0 Å². The lowest BCUT2D eigenvalue weighted by Crippen LogP contribution is -2.20. The van der Waals surface area contributed by atoms with Crippen molar-refractivity contribution in [3.8, 4) is 0 Å². The van der Waals surface area contributed by atoms with Crippen LogP contribution < -0.4 is 4.90 Å². The van der Waals surface area contributed by atoms with E-state index in [1.54, 1.807) is 16.2 Å². The maximum Gasteiger partial charge on any atom is 0.258 e. The van der Waals surface area contributed by atoms with Crippen molar-refractivity contribution >= 4 is 34.6 Å². The van der Waals surface area contributed by atoms with Crippen molar-refractivity contribution in [1.29, 1.82) is 0 Å². The van der Waals surface area contributed by atoms with E-state index in [0.717, 1.165) is 21.7 Å². The average molecular weight is 255 g/mol. The predicted molar refractivity (Wildman–Crippen MR) is 76.8 cm³/mol. The van der Waals surface area contributed by atoms with Crippen LogP contribution in [0.25, 0.3) is 11.6 Å². The second-order valence-electron chi connectivity index (χ2n) is 4.41. The van der Waals surface area contributed by atoms with Gasteiger partial charge in [-0.25, -0.2) is 0 Å². The third-order valence-electron chi connectivity index (χ3n) is 3.27. The summed E-state index contributed by atoms with van der Waals surface area (Å²) in [5.74, 6) is 0.0731. The fourth-order valence-electron chi connectivity index (χ4n) is 2.20. The number of para-hydroxylation sites is 1. The van der Waals surface area contributed by atoms with Crippen molar-refractivity contribution in [1.82, 2.24) is 0 Å². The molecule has 2 heterocycles. The van der Waals surface area contributed by atoms with Crippen LogP contribution in [-0.4, -0.2) is 13.0 Å². The van der Waals surface area contributed by atoms with Crippen LogP contribution in [0.2, 0.25) is 0 Å². The number of thiophene rings is 1. The summed E-state index contributed by atoms with van der Waals surface area (Å²) in [5.41, 5.74) is 4.02. The van der Waals surface area contributed by atoms with Crippen LogP contribution in [0.15, 0.2) is 35.7 Å². The van der Waals surface area contributed by atoms with Crippen LogP contribution in [0, 0.1) is 6.92 Å². The summed E-state index contributed by atoms with van der Waals surface area (Å²) in [7, 11) is 1.82. The topological polar surface area (TPSA) is 20.3 Å². The summed E-state index contributed by atoms with van der Waals surface area (Å²) < 4.78 is 0. The van der Waals surface area contributed by atoms with Crippen LogP contribution in [0.5, 0.6) is 0 Å². The molecule has 0 aliphatic carbocycles. The minimum Gasteiger partial charge on any atom is -0.311 e. The summed E-state index contributed by atoms with van der Waals surface area (Å²) in [6, 6.07) is 10.00. The van der Waals surface area contributed by atoms with Crippen molar-refractivity contribution in [2.24, 2.45) is 0 Å². The van der Waals surface area contributed by atoms with E-state index in [1.807, 2.05) is 37.4 Å². The Labute approximate surface area is 110 Å². The van der Waals surface area contributed by atoms with Crippen LogP contribution in [0.1, 0.15) is 16.0 Å². The number of carbonyl (C=O) groups is 1. The van der Waals surface area contributed by atoms with Gasteiger partial charge < -0.3 is 4.90 Å². The highest BCUT2D eigenvalue weighted by Crippen LogP contribution is 2.37. The standard InChI is InChI=1S/C15H13NOS/c1-10-7-8-18-14(10)9-12-11-5-3-4-6-13(11)16(2)15(12)17/h3-9H,1-2H3. The molecule has 0 saturated carbocycles. The van der Waals surface area contributed by atoms with Crippen LogP contribution in [0.4, 0.5) is 5.69 Å². The average Bonchev–Trinajstić information content (AvgIpc) is 2.88. The van der Waals surface area contributed by atoms with Crippen LogP contribution in [-0.2, 0) is 4.79 Å². The lowest BCUT2D eigenvalue weighted by Gasteiger charge is -2.07. The third-order valence-corrected chi connectivity index (χ3v) is 4.23. The highest BCUT2D eigenvalue weighted by molar-refractivity contribution is 7.11. The molecule has 0 N–H and O–H groups in total. The normalized spacial score (nSPS) is 16.4. The molecule has 1 amide bonds. The first-order valence-electron chi connectivity index (χ1n) is 5.82. The lowest BCUT2D eigenvalue weighted by atomic mass is 10.1. The number of hydrogen-bond acceptors (Lipinski definition) is 2. The Bertz CT molecular complexity index is 654. The largest absolute Gasteiger partial charge is 0.311 e. The third kappa shape index (κ3) is 1.59. The number of amides is 1. The van der Waals surface area contributed by atoms with E-state index in [-0.39, 0.29) is 5.91 Å². The Hall–Kier alpha value is -1.87. The first-order chi connectivity index (χ1) is 8.68. The molecule has 0 bridgehead atoms. The molecule has 0 atom stereocenters. The first kappa shape index (κ1) is 11.2. The number of carbonyl (C=O) groups excluding carboxylic acids is 1. The number of nitrogens with zero attached hydrogens (tertiary/aromatic N) is 1. The minimum absolute atomic E-state index is 0.0731. The summed E-state index contributed by atoms with van der Waals surface area (Å²) in [6.45, 7) is 2.07. The highest BCUT2D eigenvalue weighted by Gasteiger charge is 2.29. The zero-order chi connectivity index (χ0) is 12.7. The van der Waals surface area contributed by atoms with Gasteiger partial charge in [0.1, 0.15) is 0 Å². The number of anilines is 1. The summed E-state index contributed by atoms with van der Waals surface area (Å²) in [5, 5.41) is 2.05.